The average molecular weight is 359 g/mol. The summed E-state index contributed by atoms with van der Waals surface area (Å²) in [6.45, 7) is 1.25. The molecule has 0 saturated heterocycles. The van der Waals surface area contributed by atoms with Gasteiger partial charge in [-0.25, -0.2) is 4.68 Å². The first-order chi connectivity index (χ1) is 12.3. The SMILES string of the molecule is COc1ccc(-c2ccc(=O)n([C@@H](C(C)=O)C(=O)N(C)C)n2)c(OC)c1. The van der Waals surface area contributed by atoms with Crippen LogP contribution in [0.15, 0.2) is 35.1 Å². The normalized spacial score (nSPS) is 11.6. The third kappa shape index (κ3) is 3.74. The molecule has 0 N–H and O–H groups in total. The molecule has 0 saturated carbocycles. The molecule has 0 bridgehead atoms. The summed E-state index contributed by atoms with van der Waals surface area (Å²) in [5, 5.41) is 4.25. The predicted octanol–water partition coefficient (Wildman–Crippen LogP) is 1.15. The number of ether oxygens (including phenoxy) is 2. The van der Waals surface area contributed by atoms with Crippen molar-refractivity contribution < 1.29 is 19.1 Å². The molecule has 0 spiro atoms. The van der Waals surface area contributed by atoms with Gasteiger partial charge in [-0.1, -0.05) is 0 Å². The van der Waals surface area contributed by atoms with Gasteiger partial charge in [-0.2, -0.15) is 5.10 Å². The van der Waals surface area contributed by atoms with E-state index in [-0.39, 0.29) is 0 Å². The first-order valence-electron chi connectivity index (χ1n) is 7.84. The van der Waals surface area contributed by atoms with Gasteiger partial charge < -0.3 is 14.4 Å². The van der Waals surface area contributed by atoms with E-state index in [1.807, 2.05) is 0 Å². The van der Waals surface area contributed by atoms with Crippen molar-refractivity contribution in [1.29, 1.82) is 0 Å². The zero-order chi connectivity index (χ0) is 19.4. The smallest absolute Gasteiger partial charge is 0.267 e. The Labute approximate surface area is 150 Å². The maximum atomic E-state index is 12.4. The lowest BCUT2D eigenvalue weighted by molar-refractivity contribution is -0.138. The number of amides is 1. The van der Waals surface area contributed by atoms with Crippen LogP contribution < -0.4 is 15.0 Å². The number of hydrogen-bond acceptors (Lipinski definition) is 6. The molecule has 0 unspecified atom stereocenters. The number of carbonyl (C=O) groups excluding carboxylic acids is 2. The lowest BCUT2D eigenvalue weighted by Crippen LogP contribution is -2.41. The Morgan fingerprint density at radius 1 is 1.12 bits per heavy atom. The summed E-state index contributed by atoms with van der Waals surface area (Å²) >= 11 is 0. The molecule has 0 aliphatic heterocycles. The lowest BCUT2D eigenvalue weighted by Gasteiger charge is -2.20. The van der Waals surface area contributed by atoms with Gasteiger partial charge in [0.25, 0.3) is 11.5 Å². The summed E-state index contributed by atoms with van der Waals surface area (Å²) in [6.07, 6.45) is 0. The molecule has 2 rings (SSSR count). The zero-order valence-corrected chi connectivity index (χ0v) is 15.3. The van der Waals surface area contributed by atoms with Crippen LogP contribution in [0.1, 0.15) is 13.0 Å². The van der Waals surface area contributed by atoms with Crippen LogP contribution >= 0.6 is 0 Å². The van der Waals surface area contributed by atoms with Gasteiger partial charge in [-0.15, -0.1) is 0 Å². The number of carbonyl (C=O) groups is 2. The molecule has 2 aromatic rings. The second-order valence-electron chi connectivity index (χ2n) is 5.81. The van der Waals surface area contributed by atoms with Crippen LogP contribution in [0.5, 0.6) is 11.5 Å². The van der Waals surface area contributed by atoms with E-state index >= 15 is 0 Å². The number of nitrogens with zero attached hydrogens (tertiary/aromatic N) is 3. The summed E-state index contributed by atoms with van der Waals surface area (Å²) in [7, 11) is 6.07. The molecule has 1 heterocycles. The van der Waals surface area contributed by atoms with E-state index < -0.39 is 23.3 Å². The minimum absolute atomic E-state index is 0.391. The first kappa shape index (κ1) is 19.2. The average Bonchev–Trinajstić information content (AvgIpc) is 2.62. The molecule has 8 nitrogen and oxygen atoms in total. The van der Waals surface area contributed by atoms with Crippen LogP contribution in [-0.4, -0.2) is 54.7 Å². The topological polar surface area (TPSA) is 90.7 Å². The molecular weight excluding hydrogens is 338 g/mol. The molecule has 0 fully saturated rings. The Bertz CT molecular complexity index is 889. The number of ketones is 1. The zero-order valence-electron chi connectivity index (χ0n) is 15.3. The van der Waals surface area contributed by atoms with E-state index in [0.717, 1.165) is 4.68 Å². The highest BCUT2D eigenvalue weighted by Crippen LogP contribution is 2.31. The van der Waals surface area contributed by atoms with E-state index in [2.05, 4.69) is 5.10 Å². The second-order valence-corrected chi connectivity index (χ2v) is 5.81. The molecule has 0 radical (unpaired) electrons. The Hall–Kier alpha value is -3.16. The molecule has 26 heavy (non-hydrogen) atoms. The number of rotatable bonds is 6. The molecule has 1 amide bonds. The summed E-state index contributed by atoms with van der Waals surface area (Å²) in [6, 6.07) is 6.60. The Morgan fingerprint density at radius 3 is 2.35 bits per heavy atom. The lowest BCUT2D eigenvalue weighted by atomic mass is 10.1. The van der Waals surface area contributed by atoms with Crippen molar-refractivity contribution in [2.75, 3.05) is 28.3 Å². The summed E-state index contributed by atoms with van der Waals surface area (Å²) in [5.41, 5.74) is 0.445. The van der Waals surface area contributed by atoms with Crippen molar-refractivity contribution in [3.63, 3.8) is 0 Å². The van der Waals surface area contributed by atoms with Crippen molar-refractivity contribution >= 4 is 11.7 Å². The van der Waals surface area contributed by atoms with Crippen LogP contribution in [0.3, 0.4) is 0 Å². The Morgan fingerprint density at radius 2 is 1.81 bits per heavy atom. The highest BCUT2D eigenvalue weighted by molar-refractivity contribution is 6.02. The second kappa shape index (κ2) is 7.81. The van der Waals surface area contributed by atoms with E-state index in [4.69, 9.17) is 9.47 Å². The van der Waals surface area contributed by atoms with E-state index in [9.17, 15) is 14.4 Å². The van der Waals surface area contributed by atoms with Crippen molar-refractivity contribution in [2.45, 2.75) is 13.0 Å². The predicted molar refractivity (Wildman–Crippen MR) is 95.4 cm³/mol. The molecule has 1 atom stereocenters. The summed E-state index contributed by atoms with van der Waals surface area (Å²) < 4.78 is 11.4. The van der Waals surface area contributed by atoms with Gasteiger partial charge in [0.05, 0.1) is 19.9 Å². The quantitative estimate of drug-likeness (QED) is 0.719. The molecule has 1 aromatic carbocycles. The first-order valence-corrected chi connectivity index (χ1v) is 7.84. The van der Waals surface area contributed by atoms with Crippen molar-refractivity contribution in [3.8, 4) is 22.8 Å². The largest absolute Gasteiger partial charge is 0.497 e. The standard InChI is InChI=1S/C18H21N3O5/c1-11(22)17(18(24)20(2)3)21-16(23)9-8-14(19-21)13-7-6-12(25-4)10-15(13)26-5/h6-10,17H,1-5H3/t17-/m0/s1. The third-order valence-electron chi connectivity index (χ3n) is 3.81. The summed E-state index contributed by atoms with van der Waals surface area (Å²) in [5.74, 6) is 0.0896. The van der Waals surface area contributed by atoms with Gasteiger partial charge in [0.2, 0.25) is 0 Å². The number of Topliss-reactive ketones (excluding diaryl/α,β-unsaturated/α-hetero) is 1. The van der Waals surface area contributed by atoms with Crippen LogP contribution in [0.2, 0.25) is 0 Å². The molecule has 1 aromatic heterocycles. The Balaban J connectivity index is 2.62. The van der Waals surface area contributed by atoms with Crippen LogP contribution in [-0.2, 0) is 9.59 Å². The monoisotopic (exact) mass is 359 g/mol. The van der Waals surface area contributed by atoms with Gasteiger partial charge in [0.15, 0.2) is 11.8 Å². The minimum atomic E-state index is -1.32. The maximum absolute atomic E-state index is 12.4. The fourth-order valence-electron chi connectivity index (χ4n) is 2.46. The number of methoxy groups -OCH3 is 2. The van der Waals surface area contributed by atoms with Gasteiger partial charge in [0.1, 0.15) is 11.5 Å². The van der Waals surface area contributed by atoms with Crippen molar-refractivity contribution in [2.24, 2.45) is 0 Å². The van der Waals surface area contributed by atoms with Gasteiger partial charge in [-0.05, 0) is 25.1 Å². The summed E-state index contributed by atoms with van der Waals surface area (Å²) in [4.78, 5) is 37.9. The highest BCUT2D eigenvalue weighted by atomic mass is 16.5. The third-order valence-corrected chi connectivity index (χ3v) is 3.81. The maximum Gasteiger partial charge on any atom is 0.267 e. The number of benzene rings is 1. The fraction of sp³-hybridized carbons (Fsp3) is 0.333. The number of likely N-dealkylation sites (N-methyl/N-ethyl adjacent to an activating group) is 1. The van der Waals surface area contributed by atoms with Crippen LogP contribution in [0.4, 0.5) is 0 Å². The molecule has 138 valence electrons. The molecule has 0 aliphatic rings. The van der Waals surface area contributed by atoms with E-state index in [1.54, 1.807) is 18.2 Å². The molecular formula is C18H21N3O5. The number of aromatic nitrogens is 2. The number of hydrogen-bond donors (Lipinski definition) is 0. The van der Waals surface area contributed by atoms with E-state index in [1.165, 1.54) is 52.3 Å². The Kier molecular flexibility index (Phi) is 5.76. The van der Waals surface area contributed by atoms with Crippen molar-refractivity contribution in [3.05, 3.63) is 40.7 Å². The van der Waals surface area contributed by atoms with Crippen molar-refractivity contribution in [1.82, 2.24) is 14.7 Å². The van der Waals surface area contributed by atoms with Gasteiger partial charge in [-0.3, -0.25) is 14.4 Å². The van der Waals surface area contributed by atoms with Gasteiger partial charge >= 0.3 is 0 Å². The van der Waals surface area contributed by atoms with Crippen LogP contribution in [0, 0.1) is 0 Å². The minimum Gasteiger partial charge on any atom is -0.497 e. The van der Waals surface area contributed by atoms with Gasteiger partial charge in [0, 0.05) is 31.8 Å². The fourth-order valence-corrected chi connectivity index (χ4v) is 2.46. The van der Waals surface area contributed by atoms with E-state index in [0.29, 0.717) is 22.8 Å². The molecule has 8 heteroatoms. The molecule has 0 aliphatic carbocycles. The highest BCUT2D eigenvalue weighted by Gasteiger charge is 2.29. The van der Waals surface area contributed by atoms with Crippen LogP contribution in [0.25, 0.3) is 11.3 Å².